The van der Waals surface area contributed by atoms with E-state index < -0.39 is 46.8 Å². The van der Waals surface area contributed by atoms with Gasteiger partial charge in [-0.05, 0) is 6.92 Å². The molecule has 0 bridgehead atoms. The van der Waals surface area contributed by atoms with E-state index in [4.69, 9.17) is 0 Å². The molecule has 0 aliphatic carbocycles. The van der Waals surface area contributed by atoms with Crippen LogP contribution >= 0.6 is 0 Å². The molecule has 0 fully saturated rings. The number of rotatable bonds is 9. The van der Waals surface area contributed by atoms with Crippen molar-refractivity contribution < 1.29 is 37.0 Å². The van der Waals surface area contributed by atoms with Crippen LogP contribution < -0.4 is 0 Å². The number of methoxy groups -OCH3 is 2. The molecule has 0 saturated carbocycles. The summed E-state index contributed by atoms with van der Waals surface area (Å²) in [4.78, 5) is 33.6. The Morgan fingerprint density at radius 2 is 1.43 bits per heavy atom. The Labute approximate surface area is 123 Å². The average molecular weight is 325 g/mol. The van der Waals surface area contributed by atoms with E-state index in [1.54, 1.807) is 6.92 Å². The molecule has 10 heteroatoms. The first kappa shape index (κ1) is 19.3. The Balaban J connectivity index is 4.88. The number of ether oxygens (including phenoxy) is 3. The van der Waals surface area contributed by atoms with Gasteiger partial charge in [0.25, 0.3) is 0 Å². The normalized spacial score (nSPS) is 11.0. The molecule has 0 aromatic rings. The smallest absolute Gasteiger partial charge is 0.321 e. The topological polar surface area (TPSA) is 116 Å². The van der Waals surface area contributed by atoms with E-state index in [9.17, 15) is 22.8 Å². The average Bonchev–Trinajstić information content (AvgIpc) is 2.44. The van der Waals surface area contributed by atoms with Gasteiger partial charge in [0.1, 0.15) is 13.1 Å². The molecule has 0 aromatic heterocycles. The second-order valence-electron chi connectivity index (χ2n) is 3.79. The van der Waals surface area contributed by atoms with Crippen LogP contribution in [0.2, 0.25) is 0 Å². The summed E-state index contributed by atoms with van der Waals surface area (Å²) in [5.74, 6) is -2.94. The summed E-state index contributed by atoms with van der Waals surface area (Å²) in [6.07, 6.45) is -0.380. The highest BCUT2D eigenvalue weighted by Crippen LogP contribution is 2.05. The summed E-state index contributed by atoms with van der Waals surface area (Å²) in [6, 6.07) is 0. The van der Waals surface area contributed by atoms with E-state index in [1.807, 2.05) is 0 Å². The first-order valence-corrected chi connectivity index (χ1v) is 7.64. The minimum absolute atomic E-state index is 0.132. The fourth-order valence-electron chi connectivity index (χ4n) is 1.24. The summed E-state index contributed by atoms with van der Waals surface area (Å²) in [5, 5.41) is 0. The highest BCUT2D eigenvalue weighted by atomic mass is 32.2. The number of esters is 3. The lowest BCUT2D eigenvalue weighted by Crippen LogP contribution is -2.41. The molecular formula is C11H19NO8S. The Morgan fingerprint density at radius 3 is 1.81 bits per heavy atom. The lowest BCUT2D eigenvalue weighted by Gasteiger charge is -2.19. The summed E-state index contributed by atoms with van der Waals surface area (Å²) in [5.41, 5.74) is 0. The lowest BCUT2D eigenvalue weighted by atomic mass is 10.5. The molecule has 122 valence electrons. The van der Waals surface area contributed by atoms with Gasteiger partial charge in [-0.2, -0.15) is 4.31 Å². The minimum atomic E-state index is -4.02. The molecule has 0 aliphatic rings. The molecule has 0 saturated heterocycles. The van der Waals surface area contributed by atoms with Gasteiger partial charge in [-0.1, -0.05) is 0 Å². The second-order valence-corrected chi connectivity index (χ2v) is 5.88. The van der Waals surface area contributed by atoms with E-state index in [0.717, 1.165) is 14.2 Å². The van der Waals surface area contributed by atoms with Crippen LogP contribution in [0.4, 0.5) is 0 Å². The van der Waals surface area contributed by atoms with Gasteiger partial charge in [-0.3, -0.25) is 14.4 Å². The Kier molecular flexibility index (Phi) is 8.55. The van der Waals surface area contributed by atoms with Crippen molar-refractivity contribution in [3.8, 4) is 0 Å². The zero-order valence-electron chi connectivity index (χ0n) is 12.2. The molecular weight excluding hydrogens is 306 g/mol. The predicted molar refractivity (Wildman–Crippen MR) is 70.6 cm³/mol. The number of carbonyl (C=O) groups is 3. The van der Waals surface area contributed by atoms with E-state index >= 15 is 0 Å². The van der Waals surface area contributed by atoms with Gasteiger partial charge in [0.05, 0.1) is 33.0 Å². The number of carbonyl (C=O) groups excluding carboxylic acids is 3. The molecule has 0 spiro atoms. The highest BCUT2D eigenvalue weighted by Gasteiger charge is 2.28. The maximum atomic E-state index is 12.0. The zero-order valence-corrected chi connectivity index (χ0v) is 13.0. The van der Waals surface area contributed by atoms with Gasteiger partial charge in [0, 0.05) is 0 Å². The van der Waals surface area contributed by atoms with Crippen LogP contribution in [0.3, 0.4) is 0 Å². The molecule has 0 heterocycles. The van der Waals surface area contributed by atoms with Crippen molar-refractivity contribution in [1.82, 2.24) is 4.31 Å². The Morgan fingerprint density at radius 1 is 0.952 bits per heavy atom. The van der Waals surface area contributed by atoms with Crippen LogP contribution in [0.1, 0.15) is 13.3 Å². The van der Waals surface area contributed by atoms with E-state index in [2.05, 4.69) is 14.2 Å². The molecule has 0 N–H and O–H groups in total. The first-order valence-electron chi connectivity index (χ1n) is 6.03. The van der Waals surface area contributed by atoms with E-state index in [0.29, 0.717) is 4.31 Å². The SMILES string of the molecule is CCOC(=O)CCS(=O)(=O)N(CC(=O)OC)CC(=O)OC. The molecule has 0 unspecified atom stereocenters. The van der Waals surface area contributed by atoms with Gasteiger partial charge in [-0.25, -0.2) is 8.42 Å². The van der Waals surface area contributed by atoms with Crippen LogP contribution in [0, 0.1) is 0 Å². The van der Waals surface area contributed by atoms with Gasteiger partial charge in [0.15, 0.2) is 0 Å². The number of hydrogen-bond acceptors (Lipinski definition) is 8. The number of nitrogens with zero attached hydrogens (tertiary/aromatic N) is 1. The van der Waals surface area contributed by atoms with Gasteiger partial charge < -0.3 is 14.2 Å². The van der Waals surface area contributed by atoms with Crippen LogP contribution in [0.15, 0.2) is 0 Å². The third kappa shape index (κ3) is 7.61. The number of hydrogen-bond donors (Lipinski definition) is 0. The number of sulfonamides is 1. The van der Waals surface area contributed by atoms with Crippen molar-refractivity contribution in [2.75, 3.05) is 39.7 Å². The maximum Gasteiger partial charge on any atom is 0.321 e. The third-order valence-electron chi connectivity index (χ3n) is 2.33. The zero-order chi connectivity index (χ0) is 16.5. The second kappa shape index (κ2) is 9.29. The standard InChI is InChI=1S/C11H19NO8S/c1-4-20-9(13)5-6-21(16,17)12(7-10(14)18-2)8-11(15)19-3/h4-8H2,1-3H3. The van der Waals surface area contributed by atoms with Crippen LogP contribution in [-0.2, 0) is 38.6 Å². The van der Waals surface area contributed by atoms with Crippen molar-refractivity contribution >= 4 is 27.9 Å². The van der Waals surface area contributed by atoms with Crippen molar-refractivity contribution in [2.24, 2.45) is 0 Å². The van der Waals surface area contributed by atoms with E-state index in [1.165, 1.54) is 0 Å². The molecule has 9 nitrogen and oxygen atoms in total. The first-order chi connectivity index (χ1) is 9.76. The quantitative estimate of drug-likeness (QED) is 0.388. The Hall–Kier alpha value is -1.68. The summed E-state index contributed by atoms with van der Waals surface area (Å²) in [7, 11) is -1.84. The van der Waals surface area contributed by atoms with Crippen LogP contribution in [0.25, 0.3) is 0 Å². The molecule has 0 radical (unpaired) electrons. The molecule has 0 aliphatic heterocycles. The summed E-state index contributed by atoms with van der Waals surface area (Å²) < 4.78 is 38.0. The summed E-state index contributed by atoms with van der Waals surface area (Å²) >= 11 is 0. The van der Waals surface area contributed by atoms with Gasteiger partial charge in [0.2, 0.25) is 10.0 Å². The fraction of sp³-hybridized carbons (Fsp3) is 0.727. The van der Waals surface area contributed by atoms with Gasteiger partial charge >= 0.3 is 17.9 Å². The molecule has 0 aromatic carbocycles. The maximum absolute atomic E-state index is 12.0. The molecule has 0 amide bonds. The van der Waals surface area contributed by atoms with E-state index in [-0.39, 0.29) is 13.0 Å². The van der Waals surface area contributed by atoms with Crippen LogP contribution in [-0.4, -0.2) is 70.3 Å². The predicted octanol–water partition coefficient (Wildman–Crippen LogP) is -1.08. The lowest BCUT2D eigenvalue weighted by molar-refractivity contribution is -0.144. The van der Waals surface area contributed by atoms with Crippen molar-refractivity contribution in [1.29, 1.82) is 0 Å². The molecule has 0 rings (SSSR count). The third-order valence-corrected chi connectivity index (χ3v) is 4.09. The Bertz CT molecular complexity index is 455. The molecule has 21 heavy (non-hydrogen) atoms. The monoisotopic (exact) mass is 325 g/mol. The van der Waals surface area contributed by atoms with Crippen molar-refractivity contribution in [2.45, 2.75) is 13.3 Å². The fourth-order valence-corrected chi connectivity index (χ4v) is 2.53. The highest BCUT2D eigenvalue weighted by molar-refractivity contribution is 7.89. The van der Waals surface area contributed by atoms with Crippen LogP contribution in [0.5, 0.6) is 0 Å². The van der Waals surface area contributed by atoms with Crippen molar-refractivity contribution in [3.05, 3.63) is 0 Å². The molecule has 0 atom stereocenters. The minimum Gasteiger partial charge on any atom is -0.468 e. The largest absolute Gasteiger partial charge is 0.468 e. The van der Waals surface area contributed by atoms with Gasteiger partial charge in [-0.15, -0.1) is 0 Å². The summed E-state index contributed by atoms with van der Waals surface area (Å²) in [6.45, 7) is 0.438. The van der Waals surface area contributed by atoms with Crippen molar-refractivity contribution in [3.63, 3.8) is 0 Å².